The number of piperidine rings is 1. The predicted molar refractivity (Wildman–Crippen MR) is 102 cm³/mol. The van der Waals surface area contributed by atoms with Crippen LogP contribution < -0.4 is 15.5 Å². The van der Waals surface area contributed by atoms with Crippen molar-refractivity contribution in [2.24, 2.45) is 5.92 Å². The van der Waals surface area contributed by atoms with E-state index in [9.17, 15) is 4.79 Å². The summed E-state index contributed by atoms with van der Waals surface area (Å²) in [5.41, 5.74) is 1.08. The lowest BCUT2D eigenvalue weighted by Crippen LogP contribution is -2.29. The molecular formula is C20H32N4O. The number of nitrogens with one attached hydrogen (secondary N) is 2. The van der Waals surface area contributed by atoms with E-state index in [-0.39, 0.29) is 5.91 Å². The van der Waals surface area contributed by atoms with E-state index in [4.69, 9.17) is 0 Å². The van der Waals surface area contributed by atoms with E-state index in [1.807, 2.05) is 6.20 Å². The molecule has 0 spiro atoms. The van der Waals surface area contributed by atoms with Gasteiger partial charge in [-0.1, -0.05) is 18.9 Å². The van der Waals surface area contributed by atoms with E-state index in [0.29, 0.717) is 18.9 Å². The third-order valence-corrected chi connectivity index (χ3v) is 5.47. The topological polar surface area (TPSA) is 57.3 Å². The van der Waals surface area contributed by atoms with Gasteiger partial charge in [0.25, 0.3) is 0 Å². The van der Waals surface area contributed by atoms with Crippen LogP contribution in [0.1, 0.15) is 56.9 Å². The molecule has 5 heteroatoms. The number of rotatable bonds is 6. The van der Waals surface area contributed by atoms with Gasteiger partial charge in [0.2, 0.25) is 5.91 Å². The molecule has 1 aromatic heterocycles. The van der Waals surface area contributed by atoms with Crippen molar-refractivity contribution in [1.82, 2.24) is 15.6 Å². The minimum absolute atomic E-state index is 0.162. The Morgan fingerprint density at radius 2 is 1.92 bits per heavy atom. The second kappa shape index (κ2) is 9.76. The SMILES string of the molecule is O=C(CCC1CCNCC1)NCc1ccc(N2CCCCCC2)nc1. The highest BCUT2D eigenvalue weighted by molar-refractivity contribution is 5.75. The highest BCUT2D eigenvalue weighted by Gasteiger charge is 2.14. The van der Waals surface area contributed by atoms with Crippen molar-refractivity contribution in [3.8, 4) is 0 Å². The number of nitrogens with zero attached hydrogens (tertiary/aromatic N) is 2. The first kappa shape index (κ1) is 18.2. The van der Waals surface area contributed by atoms with Crippen LogP contribution in [0.5, 0.6) is 0 Å². The average molecular weight is 345 g/mol. The summed E-state index contributed by atoms with van der Waals surface area (Å²) in [6, 6.07) is 4.20. The van der Waals surface area contributed by atoms with Gasteiger partial charge in [-0.25, -0.2) is 4.98 Å². The largest absolute Gasteiger partial charge is 0.357 e. The first-order valence-corrected chi connectivity index (χ1v) is 9.98. The highest BCUT2D eigenvalue weighted by atomic mass is 16.1. The molecular weight excluding hydrogens is 312 g/mol. The van der Waals surface area contributed by atoms with Crippen molar-refractivity contribution in [3.05, 3.63) is 23.9 Å². The van der Waals surface area contributed by atoms with Crippen LogP contribution in [-0.2, 0) is 11.3 Å². The normalized spacial score (nSPS) is 19.4. The smallest absolute Gasteiger partial charge is 0.220 e. The molecule has 3 heterocycles. The Bertz CT molecular complexity index is 517. The lowest BCUT2D eigenvalue weighted by molar-refractivity contribution is -0.121. The molecule has 0 aromatic carbocycles. The zero-order chi connectivity index (χ0) is 17.3. The Morgan fingerprint density at radius 1 is 1.16 bits per heavy atom. The number of anilines is 1. The number of pyridine rings is 1. The number of carbonyl (C=O) groups is 1. The third kappa shape index (κ3) is 5.99. The molecule has 5 nitrogen and oxygen atoms in total. The maximum Gasteiger partial charge on any atom is 0.220 e. The van der Waals surface area contributed by atoms with Crippen LogP contribution in [-0.4, -0.2) is 37.1 Å². The zero-order valence-corrected chi connectivity index (χ0v) is 15.3. The van der Waals surface area contributed by atoms with Gasteiger partial charge in [0.05, 0.1) is 0 Å². The van der Waals surface area contributed by atoms with Crippen molar-refractivity contribution in [3.63, 3.8) is 0 Å². The molecule has 2 aliphatic heterocycles. The fraction of sp³-hybridized carbons (Fsp3) is 0.700. The van der Waals surface area contributed by atoms with E-state index >= 15 is 0 Å². The lowest BCUT2D eigenvalue weighted by Gasteiger charge is -2.22. The standard InChI is InChI=1S/C20H32N4O/c25-20(8-6-17-9-11-21-12-10-17)23-16-18-5-7-19(22-15-18)24-13-3-1-2-4-14-24/h5,7,15,17,21H,1-4,6,8-14,16H2,(H,23,25). The van der Waals surface area contributed by atoms with Gasteiger partial charge in [0.15, 0.2) is 0 Å². The summed E-state index contributed by atoms with van der Waals surface area (Å²) in [6.45, 7) is 5.00. The molecule has 138 valence electrons. The average Bonchev–Trinajstić information content (AvgIpc) is 2.95. The number of hydrogen-bond acceptors (Lipinski definition) is 4. The molecule has 0 atom stereocenters. The van der Waals surface area contributed by atoms with Gasteiger partial charge in [0.1, 0.15) is 5.82 Å². The van der Waals surface area contributed by atoms with Gasteiger partial charge >= 0.3 is 0 Å². The van der Waals surface area contributed by atoms with E-state index in [1.54, 1.807) is 0 Å². The Hall–Kier alpha value is -1.62. The number of carbonyl (C=O) groups excluding carboxylic acids is 1. The maximum absolute atomic E-state index is 12.1. The van der Waals surface area contributed by atoms with E-state index in [0.717, 1.165) is 44.0 Å². The first-order valence-electron chi connectivity index (χ1n) is 9.98. The summed E-state index contributed by atoms with van der Waals surface area (Å²) < 4.78 is 0. The molecule has 0 aliphatic carbocycles. The van der Waals surface area contributed by atoms with Crippen LogP contribution in [0.2, 0.25) is 0 Å². The summed E-state index contributed by atoms with van der Waals surface area (Å²) in [6.07, 6.45) is 11.2. The molecule has 25 heavy (non-hydrogen) atoms. The van der Waals surface area contributed by atoms with Crippen LogP contribution in [0.15, 0.2) is 18.3 Å². The molecule has 1 aromatic rings. The van der Waals surface area contributed by atoms with Gasteiger partial charge in [-0.05, 0) is 62.7 Å². The van der Waals surface area contributed by atoms with Gasteiger partial charge in [0, 0.05) is 32.3 Å². The molecule has 1 amide bonds. The van der Waals surface area contributed by atoms with Crippen LogP contribution in [0, 0.1) is 5.92 Å². The number of aromatic nitrogens is 1. The Kier molecular flexibility index (Phi) is 7.10. The number of hydrogen-bond donors (Lipinski definition) is 2. The minimum Gasteiger partial charge on any atom is -0.357 e. The van der Waals surface area contributed by atoms with Crippen molar-refractivity contribution < 1.29 is 4.79 Å². The lowest BCUT2D eigenvalue weighted by atomic mass is 9.93. The second-order valence-electron chi connectivity index (χ2n) is 7.43. The van der Waals surface area contributed by atoms with E-state index in [2.05, 4.69) is 32.7 Å². The van der Waals surface area contributed by atoms with Crippen LogP contribution in [0.25, 0.3) is 0 Å². The fourth-order valence-corrected chi connectivity index (χ4v) is 3.80. The summed E-state index contributed by atoms with van der Waals surface area (Å²) in [7, 11) is 0. The van der Waals surface area contributed by atoms with Gasteiger partial charge < -0.3 is 15.5 Å². The molecule has 0 radical (unpaired) electrons. The van der Waals surface area contributed by atoms with Crippen LogP contribution in [0.4, 0.5) is 5.82 Å². The fourth-order valence-electron chi connectivity index (χ4n) is 3.80. The van der Waals surface area contributed by atoms with Crippen LogP contribution >= 0.6 is 0 Å². The maximum atomic E-state index is 12.1. The third-order valence-electron chi connectivity index (χ3n) is 5.47. The van der Waals surface area contributed by atoms with Crippen molar-refractivity contribution in [1.29, 1.82) is 0 Å². The van der Waals surface area contributed by atoms with Gasteiger partial charge in [-0.15, -0.1) is 0 Å². The van der Waals surface area contributed by atoms with E-state index < -0.39 is 0 Å². The van der Waals surface area contributed by atoms with Gasteiger partial charge in [-0.3, -0.25) is 4.79 Å². The quantitative estimate of drug-likeness (QED) is 0.833. The Morgan fingerprint density at radius 3 is 2.60 bits per heavy atom. The molecule has 0 unspecified atom stereocenters. The summed E-state index contributed by atoms with van der Waals surface area (Å²) in [5.74, 6) is 1.94. The second-order valence-corrected chi connectivity index (χ2v) is 7.43. The molecule has 2 saturated heterocycles. The molecule has 2 N–H and O–H groups in total. The zero-order valence-electron chi connectivity index (χ0n) is 15.3. The first-order chi connectivity index (χ1) is 12.3. The molecule has 0 bridgehead atoms. The van der Waals surface area contributed by atoms with Crippen LogP contribution in [0.3, 0.4) is 0 Å². The summed E-state index contributed by atoms with van der Waals surface area (Å²) >= 11 is 0. The molecule has 2 aliphatic rings. The van der Waals surface area contributed by atoms with Crippen molar-refractivity contribution in [2.45, 2.75) is 57.9 Å². The van der Waals surface area contributed by atoms with E-state index in [1.165, 1.54) is 38.5 Å². The predicted octanol–water partition coefficient (Wildman–Crippen LogP) is 2.86. The van der Waals surface area contributed by atoms with Gasteiger partial charge in [-0.2, -0.15) is 0 Å². The minimum atomic E-state index is 0.162. The molecule has 0 saturated carbocycles. The Labute approximate surface area is 151 Å². The summed E-state index contributed by atoms with van der Waals surface area (Å²) in [4.78, 5) is 19.0. The Balaban J connectivity index is 1.39. The highest BCUT2D eigenvalue weighted by Crippen LogP contribution is 2.18. The molecule has 3 rings (SSSR count). The monoisotopic (exact) mass is 344 g/mol. The van der Waals surface area contributed by atoms with Crippen molar-refractivity contribution >= 4 is 11.7 Å². The van der Waals surface area contributed by atoms with Crippen molar-refractivity contribution in [2.75, 3.05) is 31.1 Å². The number of amides is 1. The molecule has 2 fully saturated rings. The summed E-state index contributed by atoms with van der Waals surface area (Å²) in [5, 5.41) is 6.41.